The molecule has 0 N–H and O–H groups in total. The van der Waals surface area contributed by atoms with Crippen LogP contribution < -0.4 is 0 Å². The van der Waals surface area contributed by atoms with Gasteiger partial charge in [-0.2, -0.15) is 18.4 Å². The second-order valence-corrected chi connectivity index (χ2v) is 4.81. The van der Waals surface area contributed by atoms with Gasteiger partial charge in [0.25, 0.3) is 0 Å². The average Bonchev–Trinajstić information content (AvgIpc) is 2.36. The molecule has 0 radical (unpaired) electrons. The van der Waals surface area contributed by atoms with Crippen LogP contribution in [0.15, 0.2) is 17.0 Å². The zero-order valence-electron chi connectivity index (χ0n) is 10.9. The van der Waals surface area contributed by atoms with Crippen LogP contribution in [0, 0.1) is 11.3 Å². The van der Waals surface area contributed by atoms with Crippen molar-refractivity contribution >= 4 is 17.7 Å². The van der Waals surface area contributed by atoms with Crippen molar-refractivity contribution in [3.8, 4) is 6.07 Å². The molecule has 20 heavy (non-hydrogen) atoms. The molecule has 0 spiro atoms. The Morgan fingerprint density at radius 1 is 1.40 bits per heavy atom. The molecule has 0 atom stereocenters. The second kappa shape index (κ2) is 6.66. The first-order chi connectivity index (χ1) is 9.34. The fourth-order valence-electron chi connectivity index (χ4n) is 1.74. The molecule has 0 unspecified atom stereocenters. The van der Waals surface area contributed by atoms with Crippen molar-refractivity contribution in [3.05, 3.63) is 28.8 Å². The predicted molar refractivity (Wildman–Crippen MR) is 68.4 cm³/mol. The Balaban J connectivity index is 3.44. The van der Waals surface area contributed by atoms with Gasteiger partial charge in [-0.3, -0.25) is 0 Å². The van der Waals surface area contributed by atoms with Crippen LogP contribution in [-0.2, 0) is 11.2 Å². The van der Waals surface area contributed by atoms with E-state index >= 15 is 0 Å². The molecule has 0 aromatic heterocycles. The van der Waals surface area contributed by atoms with Gasteiger partial charge in [-0.15, -0.1) is 0 Å². The van der Waals surface area contributed by atoms with E-state index in [0.717, 1.165) is 6.07 Å². The highest BCUT2D eigenvalue weighted by Crippen LogP contribution is 2.40. The molecule has 0 saturated heterocycles. The van der Waals surface area contributed by atoms with Crippen molar-refractivity contribution in [1.29, 1.82) is 5.26 Å². The Morgan fingerprint density at radius 3 is 2.50 bits per heavy atom. The SMILES string of the molecule is CCOC(=O)c1c(SC(F)(F)F)ccc(C#N)c1CC. The highest BCUT2D eigenvalue weighted by atomic mass is 32.2. The molecule has 0 fully saturated rings. The summed E-state index contributed by atoms with van der Waals surface area (Å²) in [5, 5.41) is 8.98. The number of ether oxygens (including phenoxy) is 1. The minimum absolute atomic E-state index is 0.0505. The van der Waals surface area contributed by atoms with Crippen LogP contribution in [0.4, 0.5) is 13.2 Å². The number of benzene rings is 1. The quantitative estimate of drug-likeness (QED) is 0.625. The normalized spacial score (nSPS) is 11.0. The van der Waals surface area contributed by atoms with E-state index in [4.69, 9.17) is 10.00 Å². The van der Waals surface area contributed by atoms with E-state index in [1.807, 2.05) is 6.07 Å². The summed E-state index contributed by atoms with van der Waals surface area (Å²) >= 11 is -0.380. The van der Waals surface area contributed by atoms with E-state index in [9.17, 15) is 18.0 Å². The summed E-state index contributed by atoms with van der Waals surface area (Å²) in [4.78, 5) is 11.6. The molecule has 1 rings (SSSR count). The number of esters is 1. The number of halogens is 3. The first-order valence-electron chi connectivity index (χ1n) is 5.82. The summed E-state index contributed by atoms with van der Waals surface area (Å²) in [6, 6.07) is 4.29. The van der Waals surface area contributed by atoms with E-state index in [0.29, 0.717) is 0 Å². The number of rotatable bonds is 4. The number of thioether (sulfide) groups is 1. The van der Waals surface area contributed by atoms with Crippen molar-refractivity contribution in [1.82, 2.24) is 0 Å². The van der Waals surface area contributed by atoms with E-state index in [-0.39, 0.29) is 46.4 Å². The largest absolute Gasteiger partial charge is 0.462 e. The zero-order chi connectivity index (χ0) is 15.3. The fourth-order valence-corrected chi connectivity index (χ4v) is 2.43. The lowest BCUT2D eigenvalue weighted by atomic mass is 9.99. The number of hydrogen-bond donors (Lipinski definition) is 0. The third kappa shape index (κ3) is 3.90. The Hall–Kier alpha value is -1.68. The summed E-state index contributed by atoms with van der Waals surface area (Å²) in [5.41, 5.74) is -4.22. The van der Waals surface area contributed by atoms with Crippen molar-refractivity contribution < 1.29 is 22.7 Å². The van der Waals surface area contributed by atoms with Gasteiger partial charge in [0.2, 0.25) is 0 Å². The Labute approximate surface area is 118 Å². The smallest absolute Gasteiger partial charge is 0.446 e. The molecular formula is C13H12F3NO2S. The number of nitrogens with zero attached hydrogens (tertiary/aromatic N) is 1. The van der Waals surface area contributed by atoms with Crippen molar-refractivity contribution in [3.63, 3.8) is 0 Å². The lowest BCUT2D eigenvalue weighted by Crippen LogP contribution is -2.12. The van der Waals surface area contributed by atoms with Crippen LogP contribution >= 0.6 is 11.8 Å². The lowest BCUT2D eigenvalue weighted by Gasteiger charge is -2.15. The molecule has 3 nitrogen and oxygen atoms in total. The highest BCUT2D eigenvalue weighted by molar-refractivity contribution is 8.00. The Morgan fingerprint density at radius 2 is 2.05 bits per heavy atom. The van der Waals surface area contributed by atoms with Crippen LogP contribution in [0.5, 0.6) is 0 Å². The maximum absolute atomic E-state index is 12.5. The summed E-state index contributed by atoms with van der Waals surface area (Å²) in [6.07, 6.45) is 0.267. The maximum Gasteiger partial charge on any atom is 0.446 e. The predicted octanol–water partition coefficient (Wildman–Crippen LogP) is 3.91. The molecule has 108 valence electrons. The third-order valence-electron chi connectivity index (χ3n) is 2.45. The molecular weight excluding hydrogens is 291 g/mol. The van der Waals surface area contributed by atoms with Crippen LogP contribution in [0.3, 0.4) is 0 Å². The van der Waals surface area contributed by atoms with Gasteiger partial charge in [-0.1, -0.05) is 6.92 Å². The van der Waals surface area contributed by atoms with Crippen LogP contribution in [-0.4, -0.2) is 18.1 Å². The van der Waals surface area contributed by atoms with E-state index in [1.54, 1.807) is 13.8 Å². The van der Waals surface area contributed by atoms with Gasteiger partial charge in [-0.25, -0.2) is 4.79 Å². The average molecular weight is 303 g/mol. The molecule has 0 aliphatic rings. The molecule has 0 heterocycles. The number of carbonyl (C=O) groups is 1. The van der Waals surface area contributed by atoms with Gasteiger partial charge >= 0.3 is 11.5 Å². The number of hydrogen-bond acceptors (Lipinski definition) is 4. The van der Waals surface area contributed by atoms with Gasteiger partial charge < -0.3 is 4.74 Å². The Kier molecular flexibility index (Phi) is 5.45. The monoisotopic (exact) mass is 303 g/mol. The molecule has 0 amide bonds. The van der Waals surface area contributed by atoms with E-state index in [2.05, 4.69) is 0 Å². The molecule has 0 aliphatic heterocycles. The van der Waals surface area contributed by atoms with Gasteiger partial charge in [0, 0.05) is 4.90 Å². The molecule has 0 saturated carbocycles. The molecule has 1 aromatic carbocycles. The van der Waals surface area contributed by atoms with Crippen LogP contribution in [0.1, 0.15) is 35.3 Å². The summed E-state index contributed by atoms with van der Waals surface area (Å²) in [5.74, 6) is -0.840. The number of nitriles is 1. The summed E-state index contributed by atoms with van der Waals surface area (Å²) in [7, 11) is 0. The fraction of sp³-hybridized carbons (Fsp3) is 0.385. The molecule has 0 aliphatic carbocycles. The lowest BCUT2D eigenvalue weighted by molar-refractivity contribution is -0.0328. The standard InChI is InChI=1S/C13H12F3NO2S/c1-3-9-8(7-17)5-6-10(20-13(14,15)16)11(9)12(18)19-4-2/h5-6H,3-4H2,1-2H3. The zero-order valence-corrected chi connectivity index (χ0v) is 11.7. The topological polar surface area (TPSA) is 50.1 Å². The molecule has 7 heteroatoms. The van der Waals surface area contributed by atoms with E-state index < -0.39 is 11.5 Å². The minimum Gasteiger partial charge on any atom is -0.462 e. The van der Waals surface area contributed by atoms with Crippen molar-refractivity contribution in [2.45, 2.75) is 30.7 Å². The first kappa shape index (κ1) is 16.4. The molecule has 0 bridgehead atoms. The van der Waals surface area contributed by atoms with Crippen LogP contribution in [0.2, 0.25) is 0 Å². The first-order valence-corrected chi connectivity index (χ1v) is 6.64. The number of alkyl halides is 3. The third-order valence-corrected chi connectivity index (χ3v) is 3.25. The van der Waals surface area contributed by atoms with E-state index in [1.165, 1.54) is 6.07 Å². The maximum atomic E-state index is 12.5. The highest BCUT2D eigenvalue weighted by Gasteiger charge is 2.33. The number of carbonyl (C=O) groups excluding carboxylic acids is 1. The second-order valence-electron chi connectivity index (χ2n) is 3.70. The van der Waals surface area contributed by atoms with Gasteiger partial charge in [-0.05, 0) is 42.8 Å². The van der Waals surface area contributed by atoms with Crippen molar-refractivity contribution in [2.24, 2.45) is 0 Å². The summed E-state index contributed by atoms with van der Waals surface area (Å²) < 4.78 is 42.4. The Bertz CT molecular complexity index is 550. The summed E-state index contributed by atoms with van der Waals surface area (Å²) in [6.45, 7) is 3.28. The van der Waals surface area contributed by atoms with Gasteiger partial charge in [0.1, 0.15) is 0 Å². The minimum atomic E-state index is -4.51. The van der Waals surface area contributed by atoms with Crippen LogP contribution in [0.25, 0.3) is 0 Å². The van der Waals surface area contributed by atoms with Gasteiger partial charge in [0.05, 0.1) is 23.8 Å². The molecule has 1 aromatic rings. The van der Waals surface area contributed by atoms with Crippen molar-refractivity contribution in [2.75, 3.05) is 6.61 Å². The van der Waals surface area contributed by atoms with Gasteiger partial charge in [0.15, 0.2) is 0 Å².